The number of nitrogens with one attached hydrogen (secondary N) is 1. The van der Waals surface area contributed by atoms with Gasteiger partial charge in [0.1, 0.15) is 5.03 Å². The number of aryl methyl sites for hydroxylation is 1. The fourth-order valence-electron chi connectivity index (χ4n) is 3.58. The van der Waals surface area contributed by atoms with Gasteiger partial charge in [-0.15, -0.1) is 0 Å². The number of benzene rings is 3. The van der Waals surface area contributed by atoms with Gasteiger partial charge in [0, 0.05) is 16.0 Å². The van der Waals surface area contributed by atoms with Gasteiger partial charge in [0.2, 0.25) is 0 Å². The van der Waals surface area contributed by atoms with E-state index in [1.807, 2.05) is 53.0 Å². The van der Waals surface area contributed by atoms with E-state index in [1.165, 1.54) is 5.56 Å². The first-order valence-electron chi connectivity index (χ1n) is 10.7. The molecule has 0 unspecified atom stereocenters. The molecule has 0 radical (unpaired) electrons. The molecule has 1 amide bonds. The summed E-state index contributed by atoms with van der Waals surface area (Å²) in [7, 11) is 0. The molecule has 0 fully saturated rings. The van der Waals surface area contributed by atoms with E-state index in [-0.39, 0.29) is 5.91 Å². The Morgan fingerprint density at radius 1 is 0.879 bits per heavy atom. The van der Waals surface area contributed by atoms with E-state index in [2.05, 4.69) is 48.6 Å². The molecule has 1 N–H and O–H groups in total. The minimum Gasteiger partial charge on any atom is -0.346 e. The van der Waals surface area contributed by atoms with Gasteiger partial charge in [-0.3, -0.25) is 4.79 Å². The number of nitrogens with zero attached hydrogens (tertiary/aromatic N) is 3. The maximum Gasteiger partial charge on any atom is 0.251 e. The molecular weight excluding hydrogens is 428 g/mol. The molecule has 0 bridgehead atoms. The third kappa shape index (κ3) is 4.66. The summed E-state index contributed by atoms with van der Waals surface area (Å²) >= 11 is 1.59. The maximum absolute atomic E-state index is 12.7. The van der Waals surface area contributed by atoms with Gasteiger partial charge in [0.05, 0.1) is 17.9 Å². The SMILES string of the molecule is Cc1ccc(-c2nc3ccc(Sc4ccccc4)nn3c2CNC(=O)c2ccccc2)cc1. The van der Waals surface area contributed by atoms with E-state index in [1.54, 1.807) is 23.9 Å². The fourth-order valence-corrected chi connectivity index (χ4v) is 4.38. The first kappa shape index (κ1) is 21.0. The smallest absolute Gasteiger partial charge is 0.251 e. The van der Waals surface area contributed by atoms with Crippen molar-refractivity contribution in [3.8, 4) is 11.3 Å². The average molecular weight is 451 g/mol. The molecule has 5 nitrogen and oxygen atoms in total. The number of imidazole rings is 1. The summed E-state index contributed by atoms with van der Waals surface area (Å²) in [5, 5.41) is 8.75. The summed E-state index contributed by atoms with van der Waals surface area (Å²) in [4.78, 5) is 18.7. The van der Waals surface area contributed by atoms with Gasteiger partial charge < -0.3 is 5.32 Å². The first-order chi connectivity index (χ1) is 16.2. The lowest BCUT2D eigenvalue weighted by Crippen LogP contribution is -2.24. The molecule has 0 aliphatic carbocycles. The number of hydrogen-bond donors (Lipinski definition) is 1. The van der Waals surface area contributed by atoms with Crippen molar-refractivity contribution in [2.24, 2.45) is 0 Å². The number of fused-ring (bicyclic) bond motifs is 1. The van der Waals surface area contributed by atoms with Crippen LogP contribution in [-0.2, 0) is 6.54 Å². The highest BCUT2D eigenvalue weighted by Crippen LogP contribution is 2.28. The zero-order chi connectivity index (χ0) is 22.6. The topological polar surface area (TPSA) is 59.3 Å². The second-order valence-electron chi connectivity index (χ2n) is 7.68. The van der Waals surface area contributed by atoms with Crippen LogP contribution < -0.4 is 5.32 Å². The molecule has 2 aromatic heterocycles. The van der Waals surface area contributed by atoms with Gasteiger partial charge in [0.15, 0.2) is 5.65 Å². The maximum atomic E-state index is 12.7. The molecule has 0 atom stereocenters. The Bertz CT molecular complexity index is 1400. The van der Waals surface area contributed by atoms with Gasteiger partial charge >= 0.3 is 0 Å². The number of rotatable bonds is 6. The van der Waals surface area contributed by atoms with Crippen molar-refractivity contribution >= 4 is 23.3 Å². The molecule has 3 aromatic carbocycles. The molecule has 5 rings (SSSR count). The second-order valence-corrected chi connectivity index (χ2v) is 8.77. The van der Waals surface area contributed by atoms with E-state index in [0.717, 1.165) is 32.5 Å². The van der Waals surface area contributed by atoms with Crippen molar-refractivity contribution in [2.45, 2.75) is 23.4 Å². The van der Waals surface area contributed by atoms with Gasteiger partial charge in [0.25, 0.3) is 5.91 Å². The number of aromatic nitrogens is 3. The average Bonchev–Trinajstić information content (AvgIpc) is 3.22. The van der Waals surface area contributed by atoms with Crippen LogP contribution in [-0.4, -0.2) is 20.5 Å². The quantitative estimate of drug-likeness (QED) is 0.356. The molecule has 0 saturated heterocycles. The van der Waals surface area contributed by atoms with Crippen molar-refractivity contribution < 1.29 is 4.79 Å². The van der Waals surface area contributed by atoms with Crippen LogP contribution in [0.3, 0.4) is 0 Å². The summed E-state index contributed by atoms with van der Waals surface area (Å²) in [5.41, 5.74) is 5.20. The molecule has 0 aliphatic rings. The highest BCUT2D eigenvalue weighted by Gasteiger charge is 2.17. The van der Waals surface area contributed by atoms with Crippen LogP contribution in [0.4, 0.5) is 0 Å². The standard InChI is InChI=1S/C27H22N4OS/c1-19-12-14-20(15-13-19)26-23(18-28-27(32)21-8-4-2-5-9-21)31-24(29-26)16-17-25(30-31)33-22-10-6-3-7-11-22/h2-17H,18H2,1H3,(H,28,32). The van der Waals surface area contributed by atoms with E-state index in [0.29, 0.717) is 12.1 Å². The van der Waals surface area contributed by atoms with E-state index in [9.17, 15) is 4.79 Å². The number of carbonyl (C=O) groups excluding carboxylic acids is 1. The Hall–Kier alpha value is -3.90. The number of hydrogen-bond acceptors (Lipinski definition) is 4. The van der Waals surface area contributed by atoms with Gasteiger partial charge in [-0.1, -0.05) is 78.0 Å². The Morgan fingerprint density at radius 3 is 2.30 bits per heavy atom. The van der Waals surface area contributed by atoms with Crippen LogP contribution in [0.2, 0.25) is 0 Å². The van der Waals surface area contributed by atoms with Gasteiger partial charge in [-0.25, -0.2) is 9.50 Å². The van der Waals surface area contributed by atoms with Crippen LogP contribution in [0.1, 0.15) is 21.6 Å². The van der Waals surface area contributed by atoms with Crippen molar-refractivity contribution in [1.29, 1.82) is 0 Å². The van der Waals surface area contributed by atoms with E-state index in [4.69, 9.17) is 10.1 Å². The van der Waals surface area contributed by atoms with Crippen LogP contribution >= 0.6 is 11.8 Å². The van der Waals surface area contributed by atoms with Crippen molar-refractivity contribution in [1.82, 2.24) is 19.9 Å². The highest BCUT2D eigenvalue weighted by atomic mass is 32.2. The van der Waals surface area contributed by atoms with Crippen molar-refractivity contribution in [3.63, 3.8) is 0 Å². The molecule has 6 heteroatoms. The third-order valence-electron chi connectivity index (χ3n) is 5.29. The zero-order valence-corrected chi connectivity index (χ0v) is 18.9. The van der Waals surface area contributed by atoms with E-state index < -0.39 is 0 Å². The Morgan fingerprint density at radius 2 is 1.58 bits per heavy atom. The minimum atomic E-state index is -0.129. The Labute approximate surface area is 196 Å². The monoisotopic (exact) mass is 450 g/mol. The Balaban J connectivity index is 1.53. The van der Waals surface area contributed by atoms with E-state index >= 15 is 0 Å². The van der Waals surface area contributed by atoms with Crippen molar-refractivity contribution in [3.05, 3.63) is 114 Å². The normalized spacial score (nSPS) is 10.9. The molecule has 162 valence electrons. The van der Waals surface area contributed by atoms with Crippen LogP contribution in [0, 0.1) is 6.92 Å². The fraction of sp³-hybridized carbons (Fsp3) is 0.0741. The Kier molecular flexibility index (Phi) is 5.91. The lowest BCUT2D eigenvalue weighted by atomic mass is 10.1. The summed E-state index contributed by atoms with van der Waals surface area (Å²) in [5.74, 6) is -0.129. The third-order valence-corrected chi connectivity index (χ3v) is 6.22. The molecule has 33 heavy (non-hydrogen) atoms. The molecule has 0 spiro atoms. The molecule has 2 heterocycles. The van der Waals surface area contributed by atoms with Crippen LogP contribution in [0.25, 0.3) is 16.9 Å². The number of carbonyl (C=O) groups is 1. The zero-order valence-electron chi connectivity index (χ0n) is 18.1. The molecule has 5 aromatic rings. The summed E-state index contributed by atoms with van der Waals surface area (Å²) < 4.78 is 1.84. The lowest BCUT2D eigenvalue weighted by Gasteiger charge is -2.08. The van der Waals surface area contributed by atoms with Gasteiger partial charge in [-0.2, -0.15) is 5.10 Å². The summed E-state index contributed by atoms with van der Waals surface area (Å²) in [6, 6.07) is 31.5. The molecule has 0 saturated carbocycles. The predicted molar refractivity (Wildman–Crippen MR) is 131 cm³/mol. The van der Waals surface area contributed by atoms with Crippen molar-refractivity contribution in [2.75, 3.05) is 0 Å². The number of amides is 1. The highest BCUT2D eigenvalue weighted by molar-refractivity contribution is 7.99. The minimum absolute atomic E-state index is 0.129. The summed E-state index contributed by atoms with van der Waals surface area (Å²) in [6.45, 7) is 2.37. The van der Waals surface area contributed by atoms with Crippen LogP contribution in [0.5, 0.6) is 0 Å². The first-order valence-corrected chi connectivity index (χ1v) is 11.5. The largest absolute Gasteiger partial charge is 0.346 e. The second kappa shape index (κ2) is 9.30. The van der Waals surface area contributed by atoms with Crippen LogP contribution in [0.15, 0.2) is 107 Å². The molecular formula is C27H22N4OS. The molecule has 0 aliphatic heterocycles. The summed E-state index contributed by atoms with van der Waals surface area (Å²) in [6.07, 6.45) is 0. The predicted octanol–water partition coefficient (Wildman–Crippen LogP) is 5.79. The lowest BCUT2D eigenvalue weighted by molar-refractivity contribution is 0.0950. The van der Waals surface area contributed by atoms with Gasteiger partial charge in [-0.05, 0) is 43.3 Å².